The fourth-order valence-corrected chi connectivity index (χ4v) is 3.16. The van der Waals surface area contributed by atoms with Crippen molar-refractivity contribution in [1.82, 2.24) is 5.32 Å². The number of alkyl carbamates (subject to hydrolysis) is 1. The molecule has 0 saturated heterocycles. The van der Waals surface area contributed by atoms with E-state index < -0.39 is 31.2 Å². The number of carboxylic acid groups (broad SMARTS) is 1. The van der Waals surface area contributed by atoms with E-state index in [1.54, 1.807) is 0 Å². The van der Waals surface area contributed by atoms with Crippen molar-refractivity contribution >= 4 is 12.1 Å². The molecule has 1 aliphatic rings. The van der Waals surface area contributed by atoms with E-state index in [2.05, 4.69) is 5.32 Å². The van der Waals surface area contributed by atoms with E-state index >= 15 is 0 Å². The zero-order valence-corrected chi connectivity index (χ0v) is 13.4. The Morgan fingerprint density at radius 1 is 1.08 bits per heavy atom. The first-order chi connectivity index (χ1) is 12.1. The molecule has 1 atom stereocenters. The van der Waals surface area contributed by atoms with Gasteiger partial charge in [0.2, 0.25) is 0 Å². The van der Waals surface area contributed by atoms with Crippen molar-refractivity contribution < 1.29 is 23.8 Å². The first kappa shape index (κ1) is 17.0. The summed E-state index contributed by atoms with van der Waals surface area (Å²) in [6.45, 7) is -0.859. The van der Waals surface area contributed by atoms with Gasteiger partial charge in [0.25, 0.3) is 0 Å². The number of fused-ring (bicyclic) bond motifs is 3. The van der Waals surface area contributed by atoms with Crippen LogP contribution in [0.3, 0.4) is 0 Å². The summed E-state index contributed by atoms with van der Waals surface area (Å²) in [7, 11) is 0. The zero-order chi connectivity index (χ0) is 17.8. The molecule has 0 radical (unpaired) electrons. The molecule has 0 aromatic heterocycles. The molecule has 0 spiro atoms. The molecule has 0 bridgehead atoms. The molecule has 5 nitrogen and oxygen atoms in total. The maximum Gasteiger partial charge on any atom is 0.407 e. The molecule has 0 saturated carbocycles. The summed E-state index contributed by atoms with van der Waals surface area (Å²) in [4.78, 5) is 22.5. The number of aliphatic carboxylic acids is 1. The third-order valence-corrected chi connectivity index (χ3v) is 4.27. The number of benzene rings is 2. The Bertz CT molecular complexity index is 747. The Labute approximate surface area is 144 Å². The van der Waals surface area contributed by atoms with E-state index in [1.807, 2.05) is 48.5 Å². The van der Waals surface area contributed by atoms with Crippen LogP contribution in [0, 0.1) is 0 Å². The molecule has 3 rings (SSSR count). The molecule has 1 amide bonds. The number of carbonyl (C=O) groups excluding carboxylic acids is 1. The molecule has 6 heteroatoms. The lowest BCUT2D eigenvalue weighted by Crippen LogP contribution is -2.38. The summed E-state index contributed by atoms with van der Waals surface area (Å²) in [5.74, 6) is -1.27. The van der Waals surface area contributed by atoms with E-state index in [1.165, 1.54) is 0 Å². The van der Waals surface area contributed by atoms with Crippen molar-refractivity contribution in [3.05, 3.63) is 59.7 Å². The van der Waals surface area contributed by atoms with Crippen LogP contribution in [-0.2, 0) is 9.53 Å². The predicted molar refractivity (Wildman–Crippen MR) is 90.2 cm³/mol. The lowest BCUT2D eigenvalue weighted by Gasteiger charge is -2.17. The summed E-state index contributed by atoms with van der Waals surface area (Å²) in [6, 6.07) is 14.8. The van der Waals surface area contributed by atoms with Gasteiger partial charge in [0, 0.05) is 5.92 Å². The van der Waals surface area contributed by atoms with Crippen molar-refractivity contribution in [2.75, 3.05) is 13.3 Å². The van der Waals surface area contributed by atoms with Crippen LogP contribution < -0.4 is 5.32 Å². The van der Waals surface area contributed by atoms with Crippen LogP contribution in [0.4, 0.5) is 9.18 Å². The lowest BCUT2D eigenvalue weighted by atomic mass is 9.98. The normalized spacial score (nSPS) is 13.6. The minimum atomic E-state index is -1.18. The Balaban J connectivity index is 1.69. The SMILES string of the molecule is O=C(O)C[C@@H](CF)NC(=O)OCC1c2ccccc2-c2ccccc21. The molecule has 130 valence electrons. The van der Waals surface area contributed by atoms with Crippen LogP contribution in [0.15, 0.2) is 48.5 Å². The molecule has 0 heterocycles. The second kappa shape index (κ2) is 7.34. The first-order valence-corrected chi connectivity index (χ1v) is 7.99. The largest absolute Gasteiger partial charge is 0.481 e. The highest BCUT2D eigenvalue weighted by Crippen LogP contribution is 2.44. The topological polar surface area (TPSA) is 75.6 Å². The van der Waals surface area contributed by atoms with Crippen molar-refractivity contribution in [2.45, 2.75) is 18.4 Å². The number of ether oxygens (including phenoxy) is 1. The highest BCUT2D eigenvalue weighted by Gasteiger charge is 2.29. The van der Waals surface area contributed by atoms with E-state index in [0.29, 0.717) is 0 Å². The third kappa shape index (κ3) is 3.63. The van der Waals surface area contributed by atoms with Gasteiger partial charge in [-0.05, 0) is 22.3 Å². The number of hydrogen-bond acceptors (Lipinski definition) is 3. The van der Waals surface area contributed by atoms with Crippen LogP contribution in [0.25, 0.3) is 11.1 Å². The minimum Gasteiger partial charge on any atom is -0.481 e. The van der Waals surface area contributed by atoms with Gasteiger partial charge in [-0.15, -0.1) is 0 Å². The molecule has 1 aliphatic carbocycles. The molecule has 2 aromatic rings. The lowest BCUT2D eigenvalue weighted by molar-refractivity contribution is -0.137. The number of carbonyl (C=O) groups is 2. The van der Waals surface area contributed by atoms with Crippen molar-refractivity contribution in [1.29, 1.82) is 0 Å². The van der Waals surface area contributed by atoms with Gasteiger partial charge >= 0.3 is 12.1 Å². The van der Waals surface area contributed by atoms with Crippen molar-refractivity contribution in [2.24, 2.45) is 0 Å². The van der Waals surface area contributed by atoms with E-state index in [9.17, 15) is 14.0 Å². The molecule has 0 fully saturated rings. The summed E-state index contributed by atoms with van der Waals surface area (Å²) >= 11 is 0. The van der Waals surface area contributed by atoms with Gasteiger partial charge in [-0.3, -0.25) is 4.79 Å². The van der Waals surface area contributed by atoms with Gasteiger partial charge in [-0.1, -0.05) is 48.5 Å². The van der Waals surface area contributed by atoms with Gasteiger partial charge < -0.3 is 15.2 Å². The summed E-state index contributed by atoms with van der Waals surface area (Å²) in [5, 5.41) is 10.9. The number of rotatable bonds is 6. The zero-order valence-electron chi connectivity index (χ0n) is 13.4. The molecule has 25 heavy (non-hydrogen) atoms. The highest BCUT2D eigenvalue weighted by molar-refractivity contribution is 5.79. The van der Waals surface area contributed by atoms with Crippen LogP contribution >= 0.6 is 0 Å². The number of hydrogen-bond donors (Lipinski definition) is 2. The Hall–Kier alpha value is -2.89. The summed E-state index contributed by atoms with van der Waals surface area (Å²) < 4.78 is 18.0. The van der Waals surface area contributed by atoms with E-state index in [-0.39, 0.29) is 12.5 Å². The number of carboxylic acids is 1. The van der Waals surface area contributed by atoms with Crippen LogP contribution in [0.5, 0.6) is 0 Å². The van der Waals surface area contributed by atoms with Gasteiger partial charge in [0.05, 0.1) is 12.5 Å². The molecule has 2 N–H and O–H groups in total. The van der Waals surface area contributed by atoms with Crippen molar-refractivity contribution in [3.8, 4) is 11.1 Å². The fraction of sp³-hybridized carbons (Fsp3) is 0.263. The number of halogens is 1. The number of alkyl halides is 1. The molecule has 2 aromatic carbocycles. The summed E-state index contributed by atoms with van der Waals surface area (Å²) in [5.41, 5.74) is 4.37. The smallest absolute Gasteiger partial charge is 0.407 e. The first-order valence-electron chi connectivity index (χ1n) is 7.99. The minimum absolute atomic E-state index is 0.0959. The molecular formula is C19H18FNO4. The predicted octanol–water partition coefficient (Wildman–Crippen LogP) is 3.34. The van der Waals surface area contributed by atoms with Crippen LogP contribution in [0.2, 0.25) is 0 Å². The van der Waals surface area contributed by atoms with E-state index in [4.69, 9.17) is 9.84 Å². The second-order valence-electron chi connectivity index (χ2n) is 5.92. The number of amides is 1. The monoisotopic (exact) mass is 343 g/mol. The number of nitrogens with one attached hydrogen (secondary N) is 1. The van der Waals surface area contributed by atoms with Crippen LogP contribution in [-0.4, -0.2) is 36.5 Å². The molecule has 0 unspecified atom stereocenters. The van der Waals surface area contributed by atoms with Gasteiger partial charge in [-0.2, -0.15) is 0 Å². The summed E-state index contributed by atoms with van der Waals surface area (Å²) in [6.07, 6.45) is -1.30. The average molecular weight is 343 g/mol. The Morgan fingerprint density at radius 2 is 1.64 bits per heavy atom. The van der Waals surface area contributed by atoms with E-state index in [0.717, 1.165) is 22.3 Å². The maximum absolute atomic E-state index is 12.8. The maximum atomic E-state index is 12.8. The van der Waals surface area contributed by atoms with Gasteiger partial charge in [0.15, 0.2) is 0 Å². The second-order valence-corrected chi connectivity index (χ2v) is 5.92. The van der Waals surface area contributed by atoms with Gasteiger partial charge in [-0.25, -0.2) is 9.18 Å². The Morgan fingerprint density at radius 3 is 2.16 bits per heavy atom. The molecular weight excluding hydrogens is 325 g/mol. The third-order valence-electron chi connectivity index (χ3n) is 4.27. The molecule has 0 aliphatic heterocycles. The quantitative estimate of drug-likeness (QED) is 0.843. The average Bonchev–Trinajstić information content (AvgIpc) is 2.93. The van der Waals surface area contributed by atoms with Crippen molar-refractivity contribution in [3.63, 3.8) is 0 Å². The Kier molecular flexibility index (Phi) is 4.97. The van der Waals surface area contributed by atoms with Crippen LogP contribution in [0.1, 0.15) is 23.5 Å². The standard InChI is InChI=1S/C19H18FNO4/c20-10-12(9-18(22)23)21-19(24)25-11-17-15-7-3-1-5-13(15)14-6-2-4-8-16(14)17/h1-8,12,17H,9-11H2,(H,21,24)(H,22,23)/t12-/m0/s1. The van der Waals surface area contributed by atoms with Gasteiger partial charge in [0.1, 0.15) is 13.3 Å². The highest BCUT2D eigenvalue weighted by atomic mass is 19.1. The fourth-order valence-electron chi connectivity index (χ4n) is 3.16.